The third-order valence-electron chi connectivity index (χ3n) is 3.44. The molecule has 2 aromatic carbocycles. The summed E-state index contributed by atoms with van der Waals surface area (Å²) in [7, 11) is -3.88. The maximum absolute atomic E-state index is 12.3. The quantitative estimate of drug-likeness (QED) is 0.526. The van der Waals surface area contributed by atoms with Crippen LogP contribution in [-0.2, 0) is 9.84 Å². The van der Waals surface area contributed by atoms with Crippen LogP contribution < -0.4 is 5.63 Å². The van der Waals surface area contributed by atoms with Crippen LogP contribution in [0, 0.1) is 0 Å². The summed E-state index contributed by atoms with van der Waals surface area (Å²) >= 11 is 5.72. The van der Waals surface area contributed by atoms with Gasteiger partial charge < -0.3 is 4.42 Å². The molecule has 1 heterocycles. The second-order valence-corrected chi connectivity index (χ2v) is 7.55. The van der Waals surface area contributed by atoms with Crippen LogP contribution in [0.3, 0.4) is 0 Å². The number of sulfone groups is 1. The normalized spacial score (nSPS) is 11.5. The smallest absolute Gasteiger partial charge is 0.347 e. The maximum Gasteiger partial charge on any atom is 0.347 e. The van der Waals surface area contributed by atoms with Crippen molar-refractivity contribution in [1.82, 2.24) is 0 Å². The molecule has 0 fully saturated rings. The van der Waals surface area contributed by atoms with E-state index in [4.69, 9.17) is 16.0 Å². The molecule has 7 heteroatoms. The van der Waals surface area contributed by atoms with Crippen LogP contribution in [0.15, 0.2) is 68.7 Å². The molecule has 0 aliphatic heterocycles. The summed E-state index contributed by atoms with van der Waals surface area (Å²) in [6, 6.07) is 13.5. The first-order valence-corrected chi connectivity index (χ1v) is 8.94. The zero-order chi connectivity index (χ0) is 17.3. The Morgan fingerprint density at radius 2 is 1.71 bits per heavy atom. The number of para-hydroxylation sites is 1. The lowest BCUT2D eigenvalue weighted by molar-refractivity contribution is 0.101. The molecule has 0 saturated heterocycles. The van der Waals surface area contributed by atoms with E-state index in [0.717, 1.165) is 0 Å². The molecule has 0 amide bonds. The number of fused-ring (bicyclic) bond motifs is 1. The molecule has 0 bridgehead atoms. The molecule has 1 aromatic heterocycles. The van der Waals surface area contributed by atoms with Crippen molar-refractivity contribution in [3.63, 3.8) is 0 Å². The lowest BCUT2D eigenvalue weighted by Crippen LogP contribution is -2.22. The summed E-state index contributed by atoms with van der Waals surface area (Å²) in [6.07, 6.45) is 0. The molecule has 24 heavy (non-hydrogen) atoms. The summed E-state index contributed by atoms with van der Waals surface area (Å²) in [5.41, 5.74) is -0.809. The van der Waals surface area contributed by atoms with Gasteiger partial charge in [0.05, 0.1) is 4.90 Å². The number of halogens is 1. The Morgan fingerprint density at radius 3 is 2.42 bits per heavy atom. The van der Waals surface area contributed by atoms with Gasteiger partial charge in [-0.15, -0.1) is 0 Å². The number of ketones is 1. The molecular formula is C17H11ClO5S. The number of hydrogen-bond donors (Lipinski definition) is 0. The van der Waals surface area contributed by atoms with Gasteiger partial charge in [0.2, 0.25) is 0 Å². The Morgan fingerprint density at radius 1 is 1.04 bits per heavy atom. The van der Waals surface area contributed by atoms with E-state index in [0.29, 0.717) is 16.0 Å². The van der Waals surface area contributed by atoms with Gasteiger partial charge in [0.25, 0.3) is 0 Å². The number of benzene rings is 2. The van der Waals surface area contributed by atoms with Crippen LogP contribution in [0.4, 0.5) is 0 Å². The number of rotatable bonds is 4. The van der Waals surface area contributed by atoms with Crippen molar-refractivity contribution in [3.05, 3.63) is 75.6 Å². The van der Waals surface area contributed by atoms with E-state index in [-0.39, 0.29) is 10.5 Å². The molecule has 122 valence electrons. The fourth-order valence-corrected chi connectivity index (χ4v) is 3.58. The van der Waals surface area contributed by atoms with Crippen molar-refractivity contribution < 1.29 is 17.6 Å². The average Bonchev–Trinajstić information content (AvgIpc) is 2.54. The Kier molecular flexibility index (Phi) is 4.26. The second-order valence-electron chi connectivity index (χ2n) is 5.12. The zero-order valence-electron chi connectivity index (χ0n) is 12.2. The molecule has 0 atom stereocenters. The first-order valence-electron chi connectivity index (χ1n) is 6.91. The van der Waals surface area contributed by atoms with Crippen molar-refractivity contribution in [2.75, 3.05) is 5.75 Å². The van der Waals surface area contributed by atoms with Gasteiger partial charge in [0.15, 0.2) is 15.6 Å². The summed E-state index contributed by atoms with van der Waals surface area (Å²) < 4.78 is 29.7. The van der Waals surface area contributed by atoms with Gasteiger partial charge in [-0.3, -0.25) is 4.79 Å². The monoisotopic (exact) mass is 362 g/mol. The number of Topliss-reactive ketones (excluding diaryl/α,β-unsaturated/α-hetero) is 1. The van der Waals surface area contributed by atoms with E-state index in [1.807, 2.05) is 0 Å². The SMILES string of the molecule is O=C(CS(=O)(=O)c1ccc(Cl)cc1)c1cc2ccccc2oc1=O. The molecule has 0 radical (unpaired) electrons. The van der Waals surface area contributed by atoms with Gasteiger partial charge in [0, 0.05) is 10.4 Å². The third kappa shape index (κ3) is 3.25. The lowest BCUT2D eigenvalue weighted by Gasteiger charge is -2.04. The highest BCUT2D eigenvalue weighted by atomic mass is 35.5. The van der Waals surface area contributed by atoms with Crippen molar-refractivity contribution in [3.8, 4) is 0 Å². The first-order chi connectivity index (χ1) is 11.4. The molecule has 0 spiro atoms. The van der Waals surface area contributed by atoms with Crippen LogP contribution in [0.1, 0.15) is 10.4 Å². The summed E-state index contributed by atoms with van der Waals surface area (Å²) in [4.78, 5) is 24.2. The second kappa shape index (κ2) is 6.22. The minimum Gasteiger partial charge on any atom is -0.422 e. The first kappa shape index (κ1) is 16.4. The number of hydrogen-bond acceptors (Lipinski definition) is 5. The Labute approximate surface area is 142 Å². The molecular weight excluding hydrogens is 352 g/mol. The van der Waals surface area contributed by atoms with Gasteiger partial charge >= 0.3 is 5.63 Å². The van der Waals surface area contributed by atoms with Gasteiger partial charge in [-0.2, -0.15) is 0 Å². The molecule has 3 aromatic rings. The van der Waals surface area contributed by atoms with Crippen LogP contribution in [0.2, 0.25) is 5.02 Å². The minimum absolute atomic E-state index is 0.0366. The van der Waals surface area contributed by atoms with Gasteiger partial charge in [-0.25, -0.2) is 13.2 Å². The topological polar surface area (TPSA) is 81.4 Å². The van der Waals surface area contributed by atoms with Crippen molar-refractivity contribution in [1.29, 1.82) is 0 Å². The van der Waals surface area contributed by atoms with Crippen molar-refractivity contribution in [2.24, 2.45) is 0 Å². The maximum atomic E-state index is 12.3. The zero-order valence-corrected chi connectivity index (χ0v) is 13.8. The largest absolute Gasteiger partial charge is 0.422 e. The van der Waals surface area contributed by atoms with Crippen LogP contribution in [-0.4, -0.2) is 20.0 Å². The molecule has 0 aliphatic rings. The standard InChI is InChI=1S/C17H11ClO5S/c18-12-5-7-13(8-6-12)24(21,22)10-15(19)14-9-11-3-1-2-4-16(11)23-17(14)20/h1-9H,10H2. The molecule has 5 nitrogen and oxygen atoms in total. The Hall–Kier alpha value is -2.44. The predicted octanol–water partition coefficient (Wildman–Crippen LogP) is 3.10. The van der Waals surface area contributed by atoms with E-state index in [9.17, 15) is 18.0 Å². The van der Waals surface area contributed by atoms with E-state index >= 15 is 0 Å². The van der Waals surface area contributed by atoms with Crippen LogP contribution in [0.5, 0.6) is 0 Å². The van der Waals surface area contributed by atoms with Crippen molar-refractivity contribution >= 4 is 38.2 Å². The highest BCUT2D eigenvalue weighted by Crippen LogP contribution is 2.17. The van der Waals surface area contributed by atoms with Gasteiger partial charge in [0.1, 0.15) is 16.9 Å². The highest BCUT2D eigenvalue weighted by Gasteiger charge is 2.23. The Balaban J connectivity index is 1.96. The molecule has 0 aliphatic carbocycles. The van der Waals surface area contributed by atoms with E-state index in [2.05, 4.69) is 0 Å². The fraction of sp³-hybridized carbons (Fsp3) is 0.0588. The minimum atomic E-state index is -3.88. The predicted molar refractivity (Wildman–Crippen MR) is 90.3 cm³/mol. The molecule has 0 saturated carbocycles. The molecule has 0 unspecified atom stereocenters. The average molecular weight is 363 g/mol. The molecule has 0 N–H and O–H groups in total. The lowest BCUT2D eigenvalue weighted by atomic mass is 10.1. The summed E-state index contributed by atoms with van der Waals surface area (Å²) in [6.45, 7) is 0. The third-order valence-corrected chi connectivity index (χ3v) is 5.32. The number of carbonyl (C=O) groups excluding carboxylic acids is 1. The number of carbonyl (C=O) groups is 1. The van der Waals surface area contributed by atoms with Gasteiger partial charge in [-0.05, 0) is 36.4 Å². The van der Waals surface area contributed by atoms with E-state index in [1.54, 1.807) is 24.3 Å². The molecule has 3 rings (SSSR count). The van der Waals surface area contributed by atoms with E-state index in [1.165, 1.54) is 30.3 Å². The van der Waals surface area contributed by atoms with Crippen molar-refractivity contribution in [2.45, 2.75) is 4.90 Å². The summed E-state index contributed by atoms with van der Waals surface area (Å²) in [5, 5.41) is 0.930. The fourth-order valence-electron chi connectivity index (χ4n) is 2.23. The van der Waals surface area contributed by atoms with Gasteiger partial charge in [-0.1, -0.05) is 29.8 Å². The highest BCUT2D eigenvalue weighted by molar-refractivity contribution is 7.92. The van der Waals surface area contributed by atoms with Crippen LogP contribution >= 0.6 is 11.6 Å². The van der Waals surface area contributed by atoms with Crippen LogP contribution in [0.25, 0.3) is 11.0 Å². The van der Waals surface area contributed by atoms with E-state index < -0.39 is 27.0 Å². The summed E-state index contributed by atoms with van der Waals surface area (Å²) in [5.74, 6) is -1.64. The Bertz CT molecular complexity index is 1080.